The average molecular weight is 353 g/mol. The van der Waals surface area contributed by atoms with E-state index in [0.29, 0.717) is 38.9 Å². The number of aromatic nitrogens is 1. The summed E-state index contributed by atoms with van der Waals surface area (Å²) in [6, 6.07) is 3.79. The lowest BCUT2D eigenvalue weighted by Gasteiger charge is -2.32. The number of amides is 1. The summed E-state index contributed by atoms with van der Waals surface area (Å²) in [5, 5.41) is 0. The Balaban J connectivity index is 1.86. The molecule has 0 bridgehead atoms. The number of unbranched alkanes of at least 4 members (excludes halogenated alkanes) is 1. The highest BCUT2D eigenvalue weighted by molar-refractivity contribution is 7.89. The number of nitrogens with zero attached hydrogens (tertiary/aromatic N) is 3. The molecule has 1 aliphatic heterocycles. The second kappa shape index (κ2) is 8.58. The highest BCUT2D eigenvalue weighted by atomic mass is 32.2. The molecule has 0 aromatic carbocycles. The van der Waals surface area contributed by atoms with Crippen molar-refractivity contribution in [3.63, 3.8) is 0 Å². The van der Waals surface area contributed by atoms with Crippen LogP contribution in [0, 0.1) is 5.92 Å². The lowest BCUT2D eigenvalue weighted by atomic mass is 9.96. The third-order valence-electron chi connectivity index (χ3n) is 4.50. The highest BCUT2D eigenvalue weighted by Crippen LogP contribution is 2.22. The van der Waals surface area contributed by atoms with Gasteiger partial charge in [-0.25, -0.2) is 12.7 Å². The van der Waals surface area contributed by atoms with Gasteiger partial charge in [0, 0.05) is 45.0 Å². The van der Waals surface area contributed by atoms with Gasteiger partial charge >= 0.3 is 0 Å². The number of carbonyl (C=O) groups is 1. The molecule has 6 nitrogen and oxygen atoms in total. The van der Waals surface area contributed by atoms with E-state index in [2.05, 4.69) is 4.98 Å². The maximum absolute atomic E-state index is 12.6. The van der Waals surface area contributed by atoms with Crippen LogP contribution in [0.25, 0.3) is 0 Å². The van der Waals surface area contributed by atoms with Crippen molar-refractivity contribution in [2.45, 2.75) is 39.2 Å². The summed E-state index contributed by atoms with van der Waals surface area (Å²) < 4.78 is 26.0. The Kier molecular flexibility index (Phi) is 6.74. The Hall–Kier alpha value is -1.47. The molecule has 1 aromatic rings. The fourth-order valence-electron chi connectivity index (χ4n) is 2.99. The number of rotatable bonds is 7. The van der Waals surface area contributed by atoms with Gasteiger partial charge in [-0.05, 0) is 37.0 Å². The number of hydrogen-bond acceptors (Lipinski definition) is 4. The molecule has 1 aliphatic rings. The Bertz CT molecular complexity index is 626. The third kappa shape index (κ3) is 5.01. The molecule has 1 fully saturated rings. The Morgan fingerprint density at radius 2 is 1.92 bits per heavy atom. The number of carbonyl (C=O) groups excluding carboxylic acids is 1. The van der Waals surface area contributed by atoms with Crippen molar-refractivity contribution in [1.29, 1.82) is 0 Å². The van der Waals surface area contributed by atoms with Crippen molar-refractivity contribution in [2.75, 3.05) is 25.9 Å². The minimum absolute atomic E-state index is 0.0885. The number of pyridine rings is 1. The van der Waals surface area contributed by atoms with Crippen molar-refractivity contribution >= 4 is 15.9 Å². The molecule has 24 heavy (non-hydrogen) atoms. The van der Waals surface area contributed by atoms with Gasteiger partial charge in [0.1, 0.15) is 0 Å². The van der Waals surface area contributed by atoms with Gasteiger partial charge in [-0.15, -0.1) is 0 Å². The zero-order valence-electron chi connectivity index (χ0n) is 14.5. The van der Waals surface area contributed by atoms with E-state index >= 15 is 0 Å². The average Bonchev–Trinajstić information content (AvgIpc) is 2.60. The second-order valence-corrected chi connectivity index (χ2v) is 8.48. The summed E-state index contributed by atoms with van der Waals surface area (Å²) in [5.74, 6) is 0.219. The highest BCUT2D eigenvalue weighted by Gasteiger charge is 2.31. The van der Waals surface area contributed by atoms with Crippen LogP contribution < -0.4 is 0 Å². The van der Waals surface area contributed by atoms with Crippen LogP contribution in [0.15, 0.2) is 24.5 Å². The molecule has 1 aromatic heterocycles. The van der Waals surface area contributed by atoms with Crippen LogP contribution in [0.2, 0.25) is 0 Å². The molecule has 2 rings (SSSR count). The van der Waals surface area contributed by atoms with E-state index < -0.39 is 10.0 Å². The number of sulfonamides is 1. The van der Waals surface area contributed by atoms with Crippen molar-refractivity contribution in [1.82, 2.24) is 14.2 Å². The van der Waals surface area contributed by atoms with E-state index in [4.69, 9.17) is 0 Å². The summed E-state index contributed by atoms with van der Waals surface area (Å²) in [5.41, 5.74) is 1.04. The molecule has 0 spiro atoms. The van der Waals surface area contributed by atoms with Gasteiger partial charge in [0.25, 0.3) is 0 Å². The topological polar surface area (TPSA) is 70.6 Å². The van der Waals surface area contributed by atoms with Crippen LogP contribution in [0.3, 0.4) is 0 Å². The summed E-state index contributed by atoms with van der Waals surface area (Å²) in [7, 11) is -1.36. The van der Waals surface area contributed by atoms with Gasteiger partial charge in [-0.1, -0.05) is 13.3 Å². The quantitative estimate of drug-likeness (QED) is 0.750. The molecule has 2 heterocycles. The van der Waals surface area contributed by atoms with Crippen molar-refractivity contribution < 1.29 is 13.2 Å². The van der Waals surface area contributed by atoms with Crippen LogP contribution in [-0.2, 0) is 21.4 Å². The van der Waals surface area contributed by atoms with E-state index in [-0.39, 0.29) is 17.6 Å². The summed E-state index contributed by atoms with van der Waals surface area (Å²) in [6.07, 6.45) is 6.19. The van der Waals surface area contributed by atoms with Crippen LogP contribution in [-0.4, -0.2) is 54.4 Å². The molecular weight excluding hydrogens is 326 g/mol. The van der Waals surface area contributed by atoms with E-state index in [1.54, 1.807) is 28.6 Å². The lowest BCUT2D eigenvalue weighted by Crippen LogP contribution is -2.44. The Morgan fingerprint density at radius 3 is 2.50 bits per heavy atom. The molecule has 7 heteroatoms. The molecule has 134 valence electrons. The van der Waals surface area contributed by atoms with Gasteiger partial charge in [0.05, 0.1) is 5.75 Å². The third-order valence-corrected chi connectivity index (χ3v) is 6.45. The minimum atomic E-state index is -3.16. The van der Waals surface area contributed by atoms with Crippen LogP contribution in [0.5, 0.6) is 0 Å². The molecule has 0 N–H and O–H groups in total. The van der Waals surface area contributed by atoms with Crippen molar-refractivity contribution in [3.05, 3.63) is 30.1 Å². The minimum Gasteiger partial charge on any atom is -0.341 e. The zero-order chi connectivity index (χ0) is 17.6. The SMILES string of the molecule is CCCCS(=O)(=O)N1CCC(C(=O)N(C)Cc2ccncc2)CC1. The summed E-state index contributed by atoms with van der Waals surface area (Å²) >= 11 is 0. The Morgan fingerprint density at radius 1 is 1.29 bits per heavy atom. The van der Waals surface area contributed by atoms with Gasteiger partial charge < -0.3 is 4.90 Å². The normalized spacial score (nSPS) is 16.9. The van der Waals surface area contributed by atoms with Gasteiger partial charge in [-0.2, -0.15) is 0 Å². The largest absolute Gasteiger partial charge is 0.341 e. The van der Waals surface area contributed by atoms with E-state index in [0.717, 1.165) is 12.0 Å². The van der Waals surface area contributed by atoms with Gasteiger partial charge in [0.15, 0.2) is 0 Å². The molecule has 1 saturated heterocycles. The molecule has 0 aliphatic carbocycles. The predicted octanol–water partition coefficient (Wildman–Crippen LogP) is 1.88. The molecule has 0 radical (unpaired) electrons. The van der Waals surface area contributed by atoms with Crippen LogP contribution in [0.1, 0.15) is 38.2 Å². The molecule has 1 amide bonds. The number of hydrogen-bond donors (Lipinski definition) is 0. The van der Waals surface area contributed by atoms with E-state index in [9.17, 15) is 13.2 Å². The van der Waals surface area contributed by atoms with Crippen molar-refractivity contribution in [2.24, 2.45) is 5.92 Å². The van der Waals surface area contributed by atoms with Gasteiger partial charge in [-0.3, -0.25) is 9.78 Å². The molecular formula is C17H27N3O3S. The zero-order valence-corrected chi connectivity index (χ0v) is 15.3. The molecule has 0 unspecified atom stereocenters. The summed E-state index contributed by atoms with van der Waals surface area (Å²) in [6.45, 7) is 3.44. The molecule has 0 atom stereocenters. The van der Waals surface area contributed by atoms with E-state index in [1.807, 2.05) is 19.1 Å². The van der Waals surface area contributed by atoms with Crippen molar-refractivity contribution in [3.8, 4) is 0 Å². The first-order chi connectivity index (χ1) is 11.4. The second-order valence-electron chi connectivity index (χ2n) is 6.39. The molecule has 0 saturated carbocycles. The van der Waals surface area contributed by atoms with Crippen LogP contribution in [0.4, 0.5) is 0 Å². The first kappa shape index (κ1) is 18.9. The number of piperidine rings is 1. The predicted molar refractivity (Wildman–Crippen MR) is 93.7 cm³/mol. The van der Waals surface area contributed by atoms with E-state index in [1.165, 1.54) is 0 Å². The maximum Gasteiger partial charge on any atom is 0.225 e. The fraction of sp³-hybridized carbons (Fsp3) is 0.647. The first-order valence-electron chi connectivity index (χ1n) is 8.55. The smallest absolute Gasteiger partial charge is 0.225 e. The monoisotopic (exact) mass is 353 g/mol. The summed E-state index contributed by atoms with van der Waals surface area (Å²) in [4.78, 5) is 18.3. The lowest BCUT2D eigenvalue weighted by molar-refractivity contribution is -0.135. The standard InChI is InChI=1S/C17H27N3O3S/c1-3-4-13-24(22,23)20-11-7-16(8-12-20)17(21)19(2)14-15-5-9-18-10-6-15/h5-6,9-10,16H,3-4,7-8,11-14H2,1-2H3. The first-order valence-corrected chi connectivity index (χ1v) is 10.2. The fourth-order valence-corrected chi connectivity index (χ4v) is 4.67. The maximum atomic E-state index is 12.6. The van der Waals surface area contributed by atoms with Gasteiger partial charge in [0.2, 0.25) is 15.9 Å². The Labute approximate surface area is 144 Å². The van der Waals surface area contributed by atoms with Crippen LogP contribution >= 0.6 is 0 Å².